The van der Waals surface area contributed by atoms with E-state index in [0.29, 0.717) is 0 Å². The van der Waals surface area contributed by atoms with Gasteiger partial charge in [0, 0.05) is 5.56 Å². The van der Waals surface area contributed by atoms with Crippen LogP contribution in [0.2, 0.25) is 0 Å². The number of aromatic amines is 1. The molecule has 1 atom stereocenters. The molecule has 0 aromatic carbocycles. The molecule has 0 saturated heterocycles. The second-order valence-electron chi connectivity index (χ2n) is 7.35. The van der Waals surface area contributed by atoms with Crippen molar-refractivity contribution in [3.63, 3.8) is 0 Å². The largest absolute Gasteiger partial charge is 0.494 e. The van der Waals surface area contributed by atoms with Crippen molar-refractivity contribution in [3.05, 3.63) is 11.1 Å². The molecule has 1 amide bonds. The number of alkyl carbamates (subject to hydrolysis) is 1. The van der Waals surface area contributed by atoms with Gasteiger partial charge in [-0.1, -0.05) is 12.8 Å². The van der Waals surface area contributed by atoms with Crippen LogP contribution in [-0.4, -0.2) is 38.7 Å². The van der Waals surface area contributed by atoms with Crippen molar-refractivity contribution in [2.24, 2.45) is 5.92 Å². The zero-order valence-corrected chi connectivity index (χ0v) is 14.6. The highest BCUT2D eigenvalue weighted by Gasteiger charge is 2.36. The van der Waals surface area contributed by atoms with Crippen LogP contribution >= 0.6 is 0 Å². The summed E-state index contributed by atoms with van der Waals surface area (Å²) in [6, 6.07) is -0.790. The monoisotopic (exact) mass is 338 g/mol. The van der Waals surface area contributed by atoms with Gasteiger partial charge in [-0.15, -0.1) is 0 Å². The molecule has 1 aromatic heterocycles. The topological polar surface area (TPSA) is 112 Å². The number of rotatable bonds is 4. The third-order valence-electron chi connectivity index (χ3n) is 4.28. The molecule has 1 heterocycles. The number of H-pyrrole nitrogens is 1. The minimum Gasteiger partial charge on any atom is -0.494 e. The Morgan fingerprint density at radius 2 is 1.79 bits per heavy atom. The number of amides is 1. The Bertz CT molecular complexity index is 624. The molecule has 0 bridgehead atoms. The Hall–Kier alpha value is -2.18. The molecule has 0 spiro atoms. The number of ether oxygens (including phenoxy) is 1. The lowest BCUT2D eigenvalue weighted by molar-refractivity contribution is 0.0470. The van der Waals surface area contributed by atoms with E-state index in [1.54, 1.807) is 20.8 Å². The van der Waals surface area contributed by atoms with Gasteiger partial charge in [0.1, 0.15) is 5.60 Å². The molecule has 4 N–H and O–H groups in total. The van der Waals surface area contributed by atoms with Crippen LogP contribution in [0.15, 0.2) is 0 Å². The first kappa shape index (κ1) is 18.2. The summed E-state index contributed by atoms with van der Waals surface area (Å²) >= 11 is 0. The lowest BCUT2D eigenvalue weighted by Crippen LogP contribution is -2.47. The highest BCUT2D eigenvalue weighted by Crippen LogP contribution is 2.34. The van der Waals surface area contributed by atoms with Crippen molar-refractivity contribution >= 4 is 11.9 Å². The molecule has 0 unspecified atom stereocenters. The van der Waals surface area contributed by atoms with E-state index < -0.39 is 23.5 Å². The van der Waals surface area contributed by atoms with Crippen LogP contribution in [-0.2, 0) is 4.74 Å². The van der Waals surface area contributed by atoms with Crippen molar-refractivity contribution in [1.82, 2.24) is 10.3 Å². The molecule has 7 heteroatoms. The van der Waals surface area contributed by atoms with E-state index in [-0.39, 0.29) is 28.8 Å². The third-order valence-corrected chi connectivity index (χ3v) is 4.28. The molecule has 134 valence electrons. The van der Waals surface area contributed by atoms with Crippen LogP contribution in [0.1, 0.15) is 62.4 Å². The SMILES string of the molecule is Cc1c(O)[nH]c(O)c1C(=O)[C@@H](NC(=O)OC(C)(C)C)C1CCCC1. The van der Waals surface area contributed by atoms with Crippen molar-refractivity contribution < 1.29 is 24.5 Å². The summed E-state index contributed by atoms with van der Waals surface area (Å²) in [5.74, 6) is -1.07. The molecule has 1 aromatic rings. The molecule has 1 aliphatic carbocycles. The molecule has 7 nitrogen and oxygen atoms in total. The number of Topliss-reactive ketones (excluding diaryl/α,β-unsaturated/α-hetero) is 1. The van der Waals surface area contributed by atoms with Crippen LogP contribution in [0, 0.1) is 12.8 Å². The highest BCUT2D eigenvalue weighted by atomic mass is 16.6. The smallest absolute Gasteiger partial charge is 0.408 e. The van der Waals surface area contributed by atoms with E-state index in [1.165, 1.54) is 6.92 Å². The Morgan fingerprint density at radius 1 is 1.21 bits per heavy atom. The van der Waals surface area contributed by atoms with Gasteiger partial charge < -0.3 is 20.3 Å². The molecule has 0 aliphatic heterocycles. The van der Waals surface area contributed by atoms with Crippen molar-refractivity contribution in [2.45, 2.75) is 65.0 Å². The third kappa shape index (κ3) is 4.01. The average Bonchev–Trinajstić information content (AvgIpc) is 3.03. The number of aromatic hydroxyl groups is 2. The second-order valence-corrected chi connectivity index (χ2v) is 7.35. The summed E-state index contributed by atoms with van der Waals surface area (Å²) in [5.41, 5.74) is -0.385. The Morgan fingerprint density at radius 3 is 2.25 bits per heavy atom. The number of hydrogen-bond donors (Lipinski definition) is 4. The summed E-state index contributed by atoms with van der Waals surface area (Å²) in [6.07, 6.45) is 2.97. The maximum Gasteiger partial charge on any atom is 0.408 e. The number of nitrogens with one attached hydrogen (secondary N) is 2. The van der Waals surface area contributed by atoms with Gasteiger partial charge >= 0.3 is 6.09 Å². The molecule has 2 rings (SSSR count). The van der Waals surface area contributed by atoms with E-state index in [0.717, 1.165) is 25.7 Å². The number of carbonyl (C=O) groups excluding carboxylic acids is 2. The number of ketones is 1. The summed E-state index contributed by atoms with van der Waals surface area (Å²) in [6.45, 7) is 6.79. The average molecular weight is 338 g/mol. The van der Waals surface area contributed by atoms with E-state index in [2.05, 4.69) is 10.3 Å². The van der Waals surface area contributed by atoms with E-state index in [4.69, 9.17) is 4.74 Å². The maximum atomic E-state index is 12.9. The van der Waals surface area contributed by atoms with Crippen LogP contribution in [0.4, 0.5) is 4.79 Å². The summed E-state index contributed by atoms with van der Waals surface area (Å²) in [7, 11) is 0. The molecule has 24 heavy (non-hydrogen) atoms. The lowest BCUT2D eigenvalue weighted by atomic mass is 9.90. The first-order chi connectivity index (χ1) is 11.1. The minimum atomic E-state index is -0.790. The van der Waals surface area contributed by atoms with Gasteiger partial charge in [-0.2, -0.15) is 0 Å². The molecule has 1 aliphatic rings. The predicted octanol–water partition coefficient (Wildman–Crippen LogP) is 3.00. The van der Waals surface area contributed by atoms with Gasteiger partial charge in [-0.3, -0.25) is 9.78 Å². The predicted molar refractivity (Wildman–Crippen MR) is 88.3 cm³/mol. The fourth-order valence-electron chi connectivity index (χ4n) is 3.14. The zero-order chi connectivity index (χ0) is 18.1. The molecular weight excluding hydrogens is 312 g/mol. The van der Waals surface area contributed by atoms with Crippen molar-refractivity contribution in [3.8, 4) is 11.8 Å². The Labute approximate surface area is 141 Å². The van der Waals surface area contributed by atoms with Crippen molar-refractivity contribution in [2.75, 3.05) is 0 Å². The summed E-state index contributed by atoms with van der Waals surface area (Å²) in [5, 5.41) is 22.2. The maximum absolute atomic E-state index is 12.9. The normalized spacial score (nSPS) is 16.8. The van der Waals surface area contributed by atoms with Gasteiger partial charge in [-0.25, -0.2) is 4.79 Å². The summed E-state index contributed by atoms with van der Waals surface area (Å²) < 4.78 is 5.26. The number of hydrogen-bond acceptors (Lipinski definition) is 5. The minimum absolute atomic E-state index is 0.0131. The van der Waals surface area contributed by atoms with E-state index >= 15 is 0 Å². The highest BCUT2D eigenvalue weighted by molar-refractivity contribution is 6.05. The van der Waals surface area contributed by atoms with Gasteiger partial charge in [-0.05, 0) is 46.5 Å². The first-order valence-electron chi connectivity index (χ1n) is 8.24. The Kier molecular flexibility index (Phi) is 5.11. The number of aromatic nitrogens is 1. The zero-order valence-electron chi connectivity index (χ0n) is 14.6. The lowest BCUT2D eigenvalue weighted by Gasteiger charge is -2.26. The van der Waals surface area contributed by atoms with Crippen LogP contribution in [0.25, 0.3) is 0 Å². The second kappa shape index (κ2) is 6.75. The standard InChI is InChI=1S/C17H26N2O5/c1-9-11(15(22)19-14(9)21)13(20)12(10-7-5-6-8-10)18-16(23)24-17(2,3)4/h10,12,19,21-22H,5-8H2,1-4H3,(H,18,23)/t12-/m0/s1. The fourth-order valence-corrected chi connectivity index (χ4v) is 3.14. The van der Waals surface area contributed by atoms with Crippen LogP contribution < -0.4 is 5.32 Å². The van der Waals surface area contributed by atoms with Gasteiger partial charge in [0.15, 0.2) is 11.7 Å². The Balaban J connectivity index is 2.25. The van der Waals surface area contributed by atoms with Gasteiger partial charge in [0.2, 0.25) is 5.88 Å². The molecule has 1 fully saturated rings. The summed E-state index contributed by atoms with van der Waals surface area (Å²) in [4.78, 5) is 27.4. The molecule has 0 radical (unpaired) electrons. The van der Waals surface area contributed by atoms with Crippen LogP contribution in [0.5, 0.6) is 11.8 Å². The molecule has 1 saturated carbocycles. The van der Waals surface area contributed by atoms with Gasteiger partial charge in [0.25, 0.3) is 0 Å². The number of carbonyl (C=O) groups is 2. The van der Waals surface area contributed by atoms with Crippen molar-refractivity contribution in [1.29, 1.82) is 0 Å². The van der Waals surface area contributed by atoms with E-state index in [9.17, 15) is 19.8 Å². The van der Waals surface area contributed by atoms with Crippen LogP contribution in [0.3, 0.4) is 0 Å². The first-order valence-corrected chi connectivity index (χ1v) is 8.24. The molecular formula is C17H26N2O5. The fraction of sp³-hybridized carbons (Fsp3) is 0.647. The van der Waals surface area contributed by atoms with Gasteiger partial charge in [0.05, 0.1) is 11.6 Å². The quantitative estimate of drug-likeness (QED) is 0.631. The van der Waals surface area contributed by atoms with E-state index in [1.807, 2.05) is 0 Å².